The van der Waals surface area contributed by atoms with Crippen LogP contribution in [0.2, 0.25) is 0 Å². The van der Waals surface area contributed by atoms with Crippen LogP contribution >= 0.6 is 11.8 Å². The van der Waals surface area contributed by atoms with Gasteiger partial charge < -0.3 is 4.74 Å². The van der Waals surface area contributed by atoms with Crippen LogP contribution in [0.25, 0.3) is 0 Å². The Kier molecular flexibility index (Phi) is 5.47. The first-order valence-electron chi connectivity index (χ1n) is 5.71. The maximum absolute atomic E-state index is 11.6. The molecule has 0 aliphatic carbocycles. The van der Waals surface area contributed by atoms with Crippen molar-refractivity contribution >= 4 is 17.7 Å². The fraction of sp³-hybridized carbons (Fsp3) is 0.909. The van der Waals surface area contributed by atoms with Gasteiger partial charge in [0.15, 0.2) is 0 Å². The van der Waals surface area contributed by atoms with Gasteiger partial charge in [-0.3, -0.25) is 9.69 Å². The molecule has 1 aliphatic rings. The summed E-state index contributed by atoms with van der Waals surface area (Å²) in [7, 11) is 0. The Morgan fingerprint density at radius 2 is 2.33 bits per heavy atom. The molecule has 0 N–H and O–H groups in total. The summed E-state index contributed by atoms with van der Waals surface area (Å²) in [5, 5.41) is 0.677. The first kappa shape index (κ1) is 12.8. The molecule has 15 heavy (non-hydrogen) atoms. The van der Waals surface area contributed by atoms with Crippen LogP contribution in [0.15, 0.2) is 0 Å². The second kappa shape index (κ2) is 6.38. The van der Waals surface area contributed by atoms with Crippen molar-refractivity contribution in [1.29, 1.82) is 0 Å². The molecule has 2 unspecified atom stereocenters. The number of thioether (sulfide) groups is 1. The summed E-state index contributed by atoms with van der Waals surface area (Å²) in [6.07, 6.45) is 1.18. The minimum atomic E-state index is -0.0840. The molecule has 1 fully saturated rings. The van der Waals surface area contributed by atoms with Crippen LogP contribution in [0.4, 0.5) is 0 Å². The second-order valence-corrected chi connectivity index (χ2v) is 5.23. The average Bonchev–Trinajstić information content (AvgIpc) is 2.28. The molecule has 3 nitrogen and oxygen atoms in total. The van der Waals surface area contributed by atoms with Gasteiger partial charge in [-0.15, -0.1) is 0 Å². The standard InChI is InChI=1S/C11H21NO2S/c1-4-10-8-12(6-7-15-10)9(3)11(13)14-5-2/h9-10H,4-8H2,1-3H3. The minimum Gasteiger partial charge on any atom is -0.465 e. The van der Waals surface area contributed by atoms with Crippen molar-refractivity contribution in [2.75, 3.05) is 25.4 Å². The van der Waals surface area contributed by atoms with Gasteiger partial charge in [-0.2, -0.15) is 11.8 Å². The predicted molar refractivity (Wildman–Crippen MR) is 64.2 cm³/mol. The fourth-order valence-corrected chi connectivity index (χ4v) is 2.96. The monoisotopic (exact) mass is 231 g/mol. The third-order valence-corrected chi connectivity index (χ3v) is 4.17. The van der Waals surface area contributed by atoms with Gasteiger partial charge in [0.05, 0.1) is 6.61 Å². The summed E-state index contributed by atoms with van der Waals surface area (Å²) in [6.45, 7) is 8.49. The number of esters is 1. The van der Waals surface area contributed by atoms with Crippen LogP contribution in [0.1, 0.15) is 27.2 Å². The lowest BCUT2D eigenvalue weighted by molar-refractivity contribution is -0.148. The van der Waals surface area contributed by atoms with Crippen molar-refractivity contribution in [3.63, 3.8) is 0 Å². The third kappa shape index (κ3) is 3.68. The van der Waals surface area contributed by atoms with E-state index in [1.54, 1.807) is 0 Å². The molecule has 1 saturated heterocycles. The largest absolute Gasteiger partial charge is 0.465 e. The number of hydrogen-bond acceptors (Lipinski definition) is 4. The van der Waals surface area contributed by atoms with Gasteiger partial charge in [0, 0.05) is 24.1 Å². The Labute approximate surface area is 96.5 Å². The lowest BCUT2D eigenvalue weighted by atomic mass is 10.2. The molecule has 0 radical (unpaired) electrons. The summed E-state index contributed by atoms with van der Waals surface area (Å²) in [5.41, 5.74) is 0. The Morgan fingerprint density at radius 3 is 2.93 bits per heavy atom. The molecular weight excluding hydrogens is 210 g/mol. The summed E-state index contributed by atoms with van der Waals surface area (Å²) in [6, 6.07) is -0.0834. The van der Waals surface area contributed by atoms with Gasteiger partial charge in [-0.25, -0.2) is 0 Å². The molecule has 4 heteroatoms. The molecule has 0 saturated carbocycles. The van der Waals surface area contributed by atoms with Crippen molar-refractivity contribution in [2.45, 2.75) is 38.5 Å². The van der Waals surface area contributed by atoms with E-state index >= 15 is 0 Å². The highest BCUT2D eigenvalue weighted by molar-refractivity contribution is 8.00. The van der Waals surface area contributed by atoms with Crippen LogP contribution in [0.3, 0.4) is 0 Å². The first-order valence-corrected chi connectivity index (χ1v) is 6.76. The molecule has 2 atom stereocenters. The molecule has 1 rings (SSSR count). The number of ether oxygens (including phenoxy) is 1. The SMILES string of the molecule is CCOC(=O)C(C)N1CCSC(CC)C1. The Morgan fingerprint density at radius 1 is 1.60 bits per heavy atom. The van der Waals surface area contributed by atoms with Crippen LogP contribution < -0.4 is 0 Å². The molecule has 0 aromatic carbocycles. The highest BCUT2D eigenvalue weighted by Gasteiger charge is 2.27. The number of nitrogens with zero attached hydrogens (tertiary/aromatic N) is 1. The number of rotatable bonds is 4. The topological polar surface area (TPSA) is 29.5 Å². The molecule has 0 spiro atoms. The van der Waals surface area contributed by atoms with E-state index in [1.165, 1.54) is 6.42 Å². The Bertz CT molecular complexity index is 211. The Balaban J connectivity index is 2.44. The fourth-order valence-electron chi connectivity index (χ4n) is 1.75. The Hall–Kier alpha value is -0.220. The quantitative estimate of drug-likeness (QED) is 0.690. The van der Waals surface area contributed by atoms with Gasteiger partial charge >= 0.3 is 5.97 Å². The lowest BCUT2D eigenvalue weighted by Crippen LogP contribution is -2.47. The van der Waals surface area contributed by atoms with E-state index in [9.17, 15) is 4.79 Å². The molecule has 1 heterocycles. The van der Waals surface area contributed by atoms with Crippen molar-refractivity contribution in [3.8, 4) is 0 Å². The van der Waals surface area contributed by atoms with E-state index in [-0.39, 0.29) is 12.0 Å². The van der Waals surface area contributed by atoms with E-state index in [0.717, 1.165) is 18.8 Å². The van der Waals surface area contributed by atoms with Crippen molar-refractivity contribution in [1.82, 2.24) is 4.90 Å². The number of hydrogen-bond donors (Lipinski definition) is 0. The number of carbonyl (C=O) groups excluding carboxylic acids is 1. The van der Waals surface area contributed by atoms with Gasteiger partial charge in [0.2, 0.25) is 0 Å². The smallest absolute Gasteiger partial charge is 0.323 e. The highest BCUT2D eigenvalue weighted by Crippen LogP contribution is 2.22. The van der Waals surface area contributed by atoms with Gasteiger partial charge in [0.1, 0.15) is 6.04 Å². The van der Waals surface area contributed by atoms with Gasteiger partial charge in [-0.1, -0.05) is 6.92 Å². The van der Waals surface area contributed by atoms with E-state index < -0.39 is 0 Å². The van der Waals surface area contributed by atoms with Crippen LogP contribution in [-0.4, -0.2) is 47.6 Å². The highest BCUT2D eigenvalue weighted by atomic mass is 32.2. The van der Waals surface area contributed by atoms with Crippen molar-refractivity contribution in [2.24, 2.45) is 0 Å². The zero-order valence-electron chi connectivity index (χ0n) is 9.86. The van der Waals surface area contributed by atoms with Crippen molar-refractivity contribution < 1.29 is 9.53 Å². The maximum Gasteiger partial charge on any atom is 0.323 e. The van der Waals surface area contributed by atoms with Crippen LogP contribution in [-0.2, 0) is 9.53 Å². The summed E-state index contributed by atoms with van der Waals surface area (Å²) < 4.78 is 5.04. The maximum atomic E-state index is 11.6. The van der Waals surface area contributed by atoms with Crippen LogP contribution in [0.5, 0.6) is 0 Å². The van der Waals surface area contributed by atoms with E-state index in [1.807, 2.05) is 25.6 Å². The molecule has 0 aromatic rings. The molecule has 1 aliphatic heterocycles. The normalized spacial score (nSPS) is 24.9. The molecule has 0 amide bonds. The zero-order valence-corrected chi connectivity index (χ0v) is 10.7. The second-order valence-electron chi connectivity index (χ2n) is 3.82. The molecule has 0 bridgehead atoms. The third-order valence-electron chi connectivity index (χ3n) is 2.80. The summed E-state index contributed by atoms with van der Waals surface area (Å²) in [4.78, 5) is 13.8. The number of carbonyl (C=O) groups is 1. The van der Waals surface area contributed by atoms with Crippen LogP contribution in [0, 0.1) is 0 Å². The summed E-state index contributed by atoms with van der Waals surface area (Å²) >= 11 is 2.02. The van der Waals surface area contributed by atoms with Crippen molar-refractivity contribution in [3.05, 3.63) is 0 Å². The van der Waals surface area contributed by atoms with Gasteiger partial charge in [-0.05, 0) is 20.3 Å². The first-order chi connectivity index (χ1) is 7.19. The molecule has 0 aromatic heterocycles. The predicted octanol–water partition coefficient (Wildman–Crippen LogP) is 1.77. The minimum absolute atomic E-state index is 0.0834. The summed E-state index contributed by atoms with van der Waals surface area (Å²) in [5.74, 6) is 1.04. The van der Waals surface area contributed by atoms with E-state index in [0.29, 0.717) is 11.9 Å². The molecule has 88 valence electrons. The molecular formula is C11H21NO2S. The van der Waals surface area contributed by atoms with E-state index in [4.69, 9.17) is 4.74 Å². The van der Waals surface area contributed by atoms with E-state index in [2.05, 4.69) is 11.8 Å². The zero-order chi connectivity index (χ0) is 11.3. The average molecular weight is 231 g/mol. The van der Waals surface area contributed by atoms with Gasteiger partial charge in [0.25, 0.3) is 0 Å². The lowest BCUT2D eigenvalue weighted by Gasteiger charge is -2.34.